The van der Waals surface area contributed by atoms with Crippen molar-refractivity contribution in [2.45, 2.75) is 6.92 Å². The number of nitrogens with zero attached hydrogens (tertiary/aromatic N) is 2. The smallest absolute Gasteiger partial charge is 0.293 e. The Labute approximate surface area is 195 Å². The van der Waals surface area contributed by atoms with Crippen molar-refractivity contribution in [2.24, 2.45) is 0 Å². The van der Waals surface area contributed by atoms with Crippen molar-refractivity contribution in [3.8, 4) is 11.3 Å². The number of fused-ring (bicyclic) bond motifs is 2. The third-order valence-electron chi connectivity index (χ3n) is 5.08. The van der Waals surface area contributed by atoms with Crippen molar-refractivity contribution < 1.29 is 9.21 Å². The predicted octanol–water partition coefficient (Wildman–Crippen LogP) is 5.60. The van der Waals surface area contributed by atoms with Gasteiger partial charge < -0.3 is 14.1 Å². The van der Waals surface area contributed by atoms with Crippen molar-refractivity contribution >= 4 is 57.9 Å². The van der Waals surface area contributed by atoms with Gasteiger partial charge in [0, 0.05) is 34.6 Å². The number of hydrogen-bond acceptors (Lipinski definition) is 4. The molecule has 0 aliphatic carbocycles. The van der Waals surface area contributed by atoms with Gasteiger partial charge in [0.15, 0.2) is 10.9 Å². The largest absolute Gasteiger partial charge is 0.451 e. The topological polar surface area (TPSA) is 71.6 Å². The van der Waals surface area contributed by atoms with E-state index < -0.39 is 0 Å². The van der Waals surface area contributed by atoms with Crippen LogP contribution in [0.2, 0.25) is 0 Å². The number of thiocarbonyl (C=S) groups is 1. The molecule has 0 aliphatic rings. The van der Waals surface area contributed by atoms with E-state index in [1.165, 1.54) is 0 Å². The summed E-state index contributed by atoms with van der Waals surface area (Å²) in [7, 11) is 0. The van der Waals surface area contributed by atoms with Crippen LogP contribution in [0.25, 0.3) is 27.9 Å². The van der Waals surface area contributed by atoms with Gasteiger partial charge in [-0.2, -0.15) is 0 Å². The third kappa shape index (κ3) is 4.08. The first-order valence-corrected chi connectivity index (χ1v) is 10.1. The van der Waals surface area contributed by atoms with E-state index in [4.69, 9.17) is 16.6 Å². The van der Waals surface area contributed by atoms with Crippen LogP contribution in [-0.2, 0) is 0 Å². The summed E-state index contributed by atoms with van der Waals surface area (Å²) < 4.78 is 7.67. The number of furan rings is 1. The molecule has 0 saturated heterocycles. The molecule has 2 aromatic carbocycles. The van der Waals surface area contributed by atoms with E-state index in [-0.39, 0.29) is 29.2 Å². The maximum atomic E-state index is 12.6. The number of imidazole rings is 1. The second-order valence-electron chi connectivity index (χ2n) is 7.13. The van der Waals surface area contributed by atoms with Crippen molar-refractivity contribution in [2.75, 3.05) is 5.32 Å². The third-order valence-corrected chi connectivity index (χ3v) is 5.28. The van der Waals surface area contributed by atoms with Gasteiger partial charge in [0.05, 0.1) is 5.69 Å². The summed E-state index contributed by atoms with van der Waals surface area (Å²) in [5.41, 5.74) is 4.99. The van der Waals surface area contributed by atoms with Crippen LogP contribution < -0.4 is 10.6 Å². The van der Waals surface area contributed by atoms with Crippen LogP contribution in [0.3, 0.4) is 0 Å². The molecule has 0 radical (unpaired) electrons. The maximum absolute atomic E-state index is 12.6. The molecule has 5 rings (SSSR count). The molecule has 6 nitrogen and oxygen atoms in total. The van der Waals surface area contributed by atoms with Gasteiger partial charge in [0.2, 0.25) is 0 Å². The minimum absolute atomic E-state index is 0. The number of hydrogen-bond donors (Lipinski definition) is 2. The molecule has 0 spiro atoms. The zero-order chi connectivity index (χ0) is 21.4. The average Bonchev–Trinajstić information content (AvgIpc) is 3.36. The molecule has 1 amide bonds. The van der Waals surface area contributed by atoms with E-state index in [1.807, 2.05) is 90.4 Å². The summed E-state index contributed by atoms with van der Waals surface area (Å²) in [4.78, 5) is 17.2. The summed E-state index contributed by atoms with van der Waals surface area (Å²) in [5.74, 6) is -0.125. The molecule has 2 N–H and O–H groups in total. The van der Waals surface area contributed by atoms with Gasteiger partial charge in [0.25, 0.3) is 5.91 Å². The Hall–Kier alpha value is -3.68. The Morgan fingerprint density at radius 3 is 2.53 bits per heavy atom. The number of anilines is 1. The Morgan fingerprint density at radius 1 is 1.03 bits per heavy atom. The van der Waals surface area contributed by atoms with E-state index in [1.54, 1.807) is 0 Å². The van der Waals surface area contributed by atoms with Crippen molar-refractivity contribution in [3.05, 3.63) is 90.4 Å². The fourth-order valence-electron chi connectivity index (χ4n) is 3.51. The molecule has 32 heavy (non-hydrogen) atoms. The lowest BCUT2D eigenvalue weighted by molar-refractivity contribution is 0.0952. The minimum Gasteiger partial charge on any atom is -0.451 e. The summed E-state index contributed by atoms with van der Waals surface area (Å²) in [6, 6.07) is 21.1. The van der Waals surface area contributed by atoms with Crippen molar-refractivity contribution in [1.29, 1.82) is 0 Å². The molecule has 160 valence electrons. The van der Waals surface area contributed by atoms with Crippen molar-refractivity contribution in [3.63, 3.8) is 0 Å². The number of aromatic nitrogens is 2. The van der Waals surface area contributed by atoms with Crippen LogP contribution >= 0.6 is 24.6 Å². The van der Waals surface area contributed by atoms with E-state index in [9.17, 15) is 4.79 Å². The first-order valence-electron chi connectivity index (χ1n) is 9.73. The van der Waals surface area contributed by atoms with Gasteiger partial charge in [-0.25, -0.2) is 4.98 Å². The van der Waals surface area contributed by atoms with Gasteiger partial charge >= 0.3 is 0 Å². The fourth-order valence-corrected chi connectivity index (χ4v) is 3.72. The SMILES string of the molecule is Cc1c(C(=O)NC(=S)Nc2ccc(-c3cn4ccccc4n3)cc2)oc2ccccc12.Cl. The summed E-state index contributed by atoms with van der Waals surface area (Å²) >= 11 is 5.31. The van der Waals surface area contributed by atoms with Crippen LogP contribution in [0.4, 0.5) is 5.69 Å². The van der Waals surface area contributed by atoms with E-state index >= 15 is 0 Å². The Morgan fingerprint density at radius 2 is 1.78 bits per heavy atom. The summed E-state index contributed by atoms with van der Waals surface area (Å²) in [6.07, 6.45) is 3.95. The second kappa shape index (κ2) is 8.82. The Balaban J connectivity index is 0.00000245. The first-order chi connectivity index (χ1) is 15.1. The van der Waals surface area contributed by atoms with E-state index in [2.05, 4.69) is 15.6 Å². The first kappa shape index (κ1) is 21.5. The molecule has 0 saturated carbocycles. The number of amides is 1. The lowest BCUT2D eigenvalue weighted by atomic mass is 10.1. The molecule has 3 aromatic heterocycles. The van der Waals surface area contributed by atoms with Gasteiger partial charge in [-0.15, -0.1) is 12.4 Å². The van der Waals surface area contributed by atoms with E-state index in [0.29, 0.717) is 5.58 Å². The molecular weight excluding hydrogens is 444 g/mol. The number of nitrogens with one attached hydrogen (secondary N) is 2. The standard InChI is InChI=1S/C24H18N4O2S.ClH/c1-15-18-6-2-3-7-20(18)30-22(15)23(29)27-24(31)25-17-11-9-16(10-12-17)19-14-28-13-5-4-8-21(28)26-19;/h2-14H,1H3,(H2,25,27,29,31);1H. The highest BCUT2D eigenvalue weighted by molar-refractivity contribution is 7.80. The van der Waals surface area contributed by atoms with Crippen molar-refractivity contribution in [1.82, 2.24) is 14.7 Å². The molecule has 5 aromatic rings. The highest BCUT2D eigenvalue weighted by Crippen LogP contribution is 2.25. The number of benzene rings is 2. The van der Waals surface area contributed by atoms with Gasteiger partial charge in [-0.3, -0.25) is 10.1 Å². The van der Waals surface area contributed by atoms with Crippen LogP contribution in [-0.4, -0.2) is 20.4 Å². The number of halogens is 1. The van der Waals surface area contributed by atoms with Gasteiger partial charge in [-0.05, 0) is 49.5 Å². The van der Waals surface area contributed by atoms with Crippen LogP contribution in [0.5, 0.6) is 0 Å². The lowest BCUT2D eigenvalue weighted by Crippen LogP contribution is -2.34. The lowest BCUT2D eigenvalue weighted by Gasteiger charge is -2.09. The number of carbonyl (C=O) groups excluding carboxylic acids is 1. The minimum atomic E-state index is -0.382. The molecular formula is C24H19ClN4O2S. The zero-order valence-corrected chi connectivity index (χ0v) is 18.7. The molecule has 0 fully saturated rings. The summed E-state index contributed by atoms with van der Waals surface area (Å²) in [5, 5.41) is 6.83. The highest BCUT2D eigenvalue weighted by Gasteiger charge is 2.18. The molecule has 0 bridgehead atoms. The molecule has 0 unspecified atom stereocenters. The number of carbonyl (C=O) groups is 1. The number of rotatable bonds is 3. The average molecular weight is 463 g/mol. The Bertz CT molecular complexity index is 1410. The molecule has 0 aliphatic heterocycles. The fraction of sp³-hybridized carbons (Fsp3) is 0.0417. The van der Waals surface area contributed by atoms with Crippen LogP contribution in [0.1, 0.15) is 16.1 Å². The van der Waals surface area contributed by atoms with E-state index in [0.717, 1.165) is 33.5 Å². The van der Waals surface area contributed by atoms with Crippen LogP contribution in [0.15, 0.2) is 83.5 Å². The highest BCUT2D eigenvalue weighted by atomic mass is 35.5. The number of aryl methyl sites for hydroxylation is 1. The predicted molar refractivity (Wildman–Crippen MR) is 133 cm³/mol. The Kier molecular flexibility index (Phi) is 5.94. The molecule has 0 atom stereocenters. The maximum Gasteiger partial charge on any atom is 0.293 e. The van der Waals surface area contributed by atoms with Crippen LogP contribution in [0, 0.1) is 6.92 Å². The number of pyridine rings is 1. The number of para-hydroxylation sites is 1. The zero-order valence-electron chi connectivity index (χ0n) is 17.0. The normalized spacial score (nSPS) is 10.7. The van der Waals surface area contributed by atoms with Gasteiger partial charge in [-0.1, -0.05) is 36.4 Å². The van der Waals surface area contributed by atoms with Gasteiger partial charge in [0.1, 0.15) is 11.2 Å². The quantitative estimate of drug-likeness (QED) is 0.341. The molecule has 3 heterocycles. The molecule has 8 heteroatoms. The monoisotopic (exact) mass is 462 g/mol. The second-order valence-corrected chi connectivity index (χ2v) is 7.54. The summed E-state index contributed by atoms with van der Waals surface area (Å²) in [6.45, 7) is 1.86.